The maximum absolute atomic E-state index is 10.8. The first-order valence-corrected chi connectivity index (χ1v) is 7.61. The highest BCUT2D eigenvalue weighted by Gasteiger charge is 1.97. The third-order valence-electron chi connectivity index (χ3n) is 3.12. The van der Waals surface area contributed by atoms with Crippen LogP contribution in [0, 0.1) is 0 Å². The highest BCUT2D eigenvalue weighted by Crippen LogP contribution is 2.04. The molecule has 4 N–H and O–H groups in total. The van der Waals surface area contributed by atoms with Gasteiger partial charge in [-0.05, 0) is 38.0 Å². The normalized spacial score (nSPS) is 13.2. The lowest BCUT2D eigenvalue weighted by Crippen LogP contribution is -2.10. The molecule has 0 rings (SSSR count). The number of aliphatic hydroxyl groups excluding tert-OH is 1. The van der Waals surface area contributed by atoms with Crippen molar-refractivity contribution in [2.24, 2.45) is 0 Å². The Bertz CT molecular complexity index is 466. The summed E-state index contributed by atoms with van der Waals surface area (Å²) in [5.41, 5.74) is 3.12. The second kappa shape index (κ2) is 13.5. The Morgan fingerprint density at radius 1 is 1.13 bits per heavy atom. The Morgan fingerprint density at radius 2 is 1.87 bits per heavy atom. The van der Waals surface area contributed by atoms with Crippen LogP contribution >= 0.6 is 0 Å². The molecule has 0 aromatic carbocycles. The maximum Gasteiger partial charge on any atom is 0.332 e. The number of ether oxygens (including phenoxy) is 1. The number of likely N-dealkylation sites (N-methyl/N-ethyl adjacent to an activating group) is 1. The number of allylic oxidation sites excluding steroid dienone is 6. The average Bonchev–Trinajstić information content (AvgIpc) is 2.58. The first-order valence-electron chi connectivity index (χ1n) is 7.61. The second-order valence-electron chi connectivity index (χ2n) is 4.73. The molecule has 0 atom stereocenters. The summed E-state index contributed by atoms with van der Waals surface area (Å²) in [5.74, 6) is -0.636. The van der Waals surface area contributed by atoms with E-state index in [1.54, 1.807) is 13.1 Å². The van der Waals surface area contributed by atoms with E-state index < -0.39 is 12.6 Å². The molecule has 6 nitrogen and oxygen atoms in total. The van der Waals surface area contributed by atoms with Crippen molar-refractivity contribution in [3.8, 4) is 0 Å². The summed E-state index contributed by atoms with van der Waals surface area (Å²) >= 11 is 0. The van der Waals surface area contributed by atoms with Crippen molar-refractivity contribution >= 4 is 5.97 Å². The molecule has 0 aliphatic carbocycles. The molecule has 23 heavy (non-hydrogen) atoms. The quantitative estimate of drug-likeness (QED) is 0.338. The number of aliphatic hydroxyl groups is 1. The number of esters is 1. The monoisotopic (exact) mass is 323 g/mol. The summed E-state index contributed by atoms with van der Waals surface area (Å²) in [6.45, 7) is 1.56. The first-order chi connectivity index (χ1) is 11.1. The number of hydrogen-bond donors (Lipinski definition) is 4. The van der Waals surface area contributed by atoms with Crippen molar-refractivity contribution < 1.29 is 14.6 Å². The third kappa shape index (κ3) is 11.1. The predicted octanol–water partition coefficient (Wildman–Crippen LogP) is 1.19. The Balaban J connectivity index is 4.50. The smallest absolute Gasteiger partial charge is 0.332 e. The minimum Gasteiger partial charge on any atom is -0.460 e. The minimum absolute atomic E-state index is 0.122. The molecule has 0 saturated heterocycles. The molecule has 0 aromatic heterocycles. The van der Waals surface area contributed by atoms with Crippen LogP contribution in [-0.4, -0.2) is 45.4 Å². The van der Waals surface area contributed by atoms with Crippen molar-refractivity contribution in [2.75, 3.05) is 34.4 Å². The fourth-order valence-corrected chi connectivity index (χ4v) is 1.63. The van der Waals surface area contributed by atoms with Gasteiger partial charge in [0.15, 0.2) is 0 Å². The van der Waals surface area contributed by atoms with E-state index in [4.69, 9.17) is 9.84 Å². The van der Waals surface area contributed by atoms with Gasteiger partial charge in [0.2, 0.25) is 0 Å². The number of carbonyl (C=O) groups excluding carboxylic acids is 1. The van der Waals surface area contributed by atoms with Crippen molar-refractivity contribution in [1.29, 1.82) is 0 Å². The summed E-state index contributed by atoms with van der Waals surface area (Å²) < 4.78 is 4.78. The van der Waals surface area contributed by atoms with Crippen LogP contribution in [0.1, 0.15) is 19.8 Å². The van der Waals surface area contributed by atoms with Crippen LogP contribution in [0.5, 0.6) is 0 Å². The molecule has 130 valence electrons. The molecule has 0 spiro atoms. The number of carbonyl (C=O) groups is 1. The van der Waals surface area contributed by atoms with E-state index in [0.717, 1.165) is 29.9 Å². The number of rotatable bonds is 11. The number of hydrogen-bond acceptors (Lipinski definition) is 6. The lowest BCUT2D eigenvalue weighted by Gasteiger charge is -2.05. The molecule has 0 aliphatic rings. The van der Waals surface area contributed by atoms with E-state index in [-0.39, 0.29) is 6.61 Å². The summed E-state index contributed by atoms with van der Waals surface area (Å²) in [7, 11) is 5.60. The zero-order valence-corrected chi connectivity index (χ0v) is 14.5. The van der Waals surface area contributed by atoms with Gasteiger partial charge in [0.1, 0.15) is 13.2 Å². The van der Waals surface area contributed by atoms with Crippen molar-refractivity contribution in [2.45, 2.75) is 19.8 Å². The van der Waals surface area contributed by atoms with E-state index in [2.05, 4.69) is 22.0 Å². The Kier molecular flexibility index (Phi) is 12.2. The van der Waals surface area contributed by atoms with Crippen LogP contribution in [0.15, 0.2) is 47.5 Å². The predicted molar refractivity (Wildman–Crippen MR) is 93.5 cm³/mol. The highest BCUT2D eigenvalue weighted by molar-refractivity contribution is 5.70. The molecule has 6 heteroatoms. The maximum atomic E-state index is 10.8. The van der Waals surface area contributed by atoms with Gasteiger partial charge >= 0.3 is 5.97 Å². The summed E-state index contributed by atoms with van der Waals surface area (Å²) in [6, 6.07) is 0. The fraction of sp³-hybridized carbons (Fsp3) is 0.471. The molecule has 0 saturated carbocycles. The molecule has 0 aromatic rings. The molecular weight excluding hydrogens is 294 g/mol. The van der Waals surface area contributed by atoms with Crippen LogP contribution < -0.4 is 16.0 Å². The third-order valence-corrected chi connectivity index (χ3v) is 3.12. The second-order valence-corrected chi connectivity index (χ2v) is 4.73. The standard InChI is InChI=1S/C17H29N3O3/c1-14(18-2)7-5-8-15(19-3)9-6-10-16(20-4)11-12-23-17(22)13-21/h6-7,9-11,18-21H,5,8,12-13H2,1-4H3. The first kappa shape index (κ1) is 20.8. The molecule has 0 fully saturated rings. The average molecular weight is 323 g/mol. The lowest BCUT2D eigenvalue weighted by atomic mass is 10.2. The van der Waals surface area contributed by atoms with Gasteiger partial charge in [-0.15, -0.1) is 0 Å². The molecule has 0 heterocycles. The molecule has 0 amide bonds. The Labute approximate surface area is 139 Å². The van der Waals surface area contributed by atoms with Crippen molar-refractivity contribution in [3.63, 3.8) is 0 Å². The van der Waals surface area contributed by atoms with Crippen LogP contribution in [0.3, 0.4) is 0 Å². The van der Waals surface area contributed by atoms with E-state index in [1.807, 2.05) is 39.2 Å². The largest absolute Gasteiger partial charge is 0.460 e. The van der Waals surface area contributed by atoms with Gasteiger partial charge in [0.25, 0.3) is 0 Å². The van der Waals surface area contributed by atoms with E-state index >= 15 is 0 Å². The van der Waals surface area contributed by atoms with Crippen LogP contribution in [-0.2, 0) is 9.53 Å². The van der Waals surface area contributed by atoms with E-state index in [1.165, 1.54) is 0 Å². The Hall–Kier alpha value is -2.21. The van der Waals surface area contributed by atoms with Crippen LogP contribution in [0.2, 0.25) is 0 Å². The number of nitrogens with one attached hydrogen (secondary N) is 3. The highest BCUT2D eigenvalue weighted by atomic mass is 16.5. The van der Waals surface area contributed by atoms with Crippen LogP contribution in [0.4, 0.5) is 0 Å². The summed E-state index contributed by atoms with van der Waals surface area (Å²) in [4.78, 5) is 10.8. The molecule has 0 aliphatic heterocycles. The van der Waals surface area contributed by atoms with E-state index in [9.17, 15) is 4.79 Å². The van der Waals surface area contributed by atoms with Gasteiger partial charge in [-0.2, -0.15) is 0 Å². The molecular formula is C17H29N3O3. The zero-order valence-electron chi connectivity index (χ0n) is 14.5. The van der Waals surface area contributed by atoms with Gasteiger partial charge in [-0.25, -0.2) is 4.79 Å². The van der Waals surface area contributed by atoms with E-state index in [0.29, 0.717) is 0 Å². The summed E-state index contributed by atoms with van der Waals surface area (Å²) in [6.07, 6.45) is 11.6. The molecule has 0 radical (unpaired) electrons. The lowest BCUT2D eigenvalue weighted by molar-refractivity contribution is -0.145. The SMILES string of the molecule is CNC(C)=CCCC(=CC=CC(=CCOC(=O)CO)NC)NC. The fourth-order valence-electron chi connectivity index (χ4n) is 1.63. The molecule has 0 unspecified atom stereocenters. The van der Waals surface area contributed by atoms with Gasteiger partial charge in [0.05, 0.1) is 0 Å². The molecule has 0 bridgehead atoms. The van der Waals surface area contributed by atoms with Crippen molar-refractivity contribution in [1.82, 2.24) is 16.0 Å². The Morgan fingerprint density at radius 3 is 2.43 bits per heavy atom. The van der Waals surface area contributed by atoms with Gasteiger partial charge < -0.3 is 25.8 Å². The van der Waals surface area contributed by atoms with Gasteiger partial charge in [-0.3, -0.25) is 0 Å². The van der Waals surface area contributed by atoms with Gasteiger partial charge in [0, 0.05) is 38.2 Å². The van der Waals surface area contributed by atoms with Gasteiger partial charge in [-0.1, -0.05) is 12.2 Å². The minimum atomic E-state index is -0.636. The topological polar surface area (TPSA) is 82.6 Å². The zero-order chi connectivity index (χ0) is 17.5. The van der Waals surface area contributed by atoms with Crippen LogP contribution in [0.25, 0.3) is 0 Å². The van der Waals surface area contributed by atoms with Crippen molar-refractivity contribution in [3.05, 3.63) is 47.5 Å². The summed E-state index contributed by atoms with van der Waals surface area (Å²) in [5, 5.41) is 17.8.